The second-order valence-electron chi connectivity index (χ2n) is 7.55. The van der Waals surface area contributed by atoms with Crippen molar-refractivity contribution in [3.63, 3.8) is 0 Å². The van der Waals surface area contributed by atoms with E-state index in [1.807, 2.05) is 30.1 Å². The lowest BCUT2D eigenvalue weighted by atomic mass is 10.2. The summed E-state index contributed by atoms with van der Waals surface area (Å²) in [6.45, 7) is 1.78. The summed E-state index contributed by atoms with van der Waals surface area (Å²) >= 11 is 8.81. The van der Waals surface area contributed by atoms with Gasteiger partial charge in [-0.3, -0.25) is 9.59 Å². The molecule has 168 valence electrons. The molecule has 5 rings (SSSR count). The van der Waals surface area contributed by atoms with E-state index in [1.165, 1.54) is 32.7 Å². The highest BCUT2D eigenvalue weighted by atomic mass is 35.5. The Hall–Kier alpha value is -3.01. The number of anilines is 2. The van der Waals surface area contributed by atoms with Crippen molar-refractivity contribution >= 4 is 68.3 Å². The fraction of sp³-hybridized carbons (Fsp3) is 0.174. The average Bonchev–Trinajstić information content (AvgIpc) is 3.40. The summed E-state index contributed by atoms with van der Waals surface area (Å²) in [7, 11) is 5.24. The quantitative estimate of drug-likeness (QED) is 0.543. The number of methoxy groups -OCH3 is 1. The van der Waals surface area contributed by atoms with Crippen LogP contribution in [0.4, 0.5) is 11.4 Å². The summed E-state index contributed by atoms with van der Waals surface area (Å²) in [4.78, 5) is 29.6. The molecule has 2 aliphatic heterocycles. The Morgan fingerprint density at radius 3 is 2.48 bits per heavy atom. The summed E-state index contributed by atoms with van der Waals surface area (Å²) in [6, 6.07) is 12.7. The molecule has 0 N–H and O–H groups in total. The minimum atomic E-state index is -0.274. The van der Waals surface area contributed by atoms with Gasteiger partial charge in [0.05, 0.1) is 29.8 Å². The van der Waals surface area contributed by atoms with Crippen LogP contribution in [0.2, 0.25) is 5.02 Å². The molecule has 2 aromatic carbocycles. The Bertz CT molecular complexity index is 1520. The molecular weight excluding hydrogens is 480 g/mol. The normalized spacial score (nSPS) is 18.7. The summed E-state index contributed by atoms with van der Waals surface area (Å²) < 4.78 is 8.03. The van der Waals surface area contributed by atoms with Crippen molar-refractivity contribution < 1.29 is 9.53 Å². The van der Waals surface area contributed by atoms with E-state index in [-0.39, 0.29) is 11.5 Å². The number of thioether (sulfide) groups is 1. The molecule has 0 bridgehead atoms. The summed E-state index contributed by atoms with van der Waals surface area (Å²) in [5.74, 6) is 0.479. The molecule has 1 aromatic heterocycles. The van der Waals surface area contributed by atoms with E-state index in [2.05, 4.69) is 5.10 Å². The maximum Gasteiger partial charge on any atom is 0.283 e. The molecular formula is C23H19ClN4O3S2. The van der Waals surface area contributed by atoms with Crippen LogP contribution in [0, 0.1) is 0 Å². The van der Waals surface area contributed by atoms with Crippen molar-refractivity contribution in [2.24, 2.45) is 12.1 Å². The number of hydrogen-bond acceptors (Lipinski definition) is 7. The summed E-state index contributed by atoms with van der Waals surface area (Å²) in [5.41, 5.74) is 2.42. The van der Waals surface area contributed by atoms with Crippen molar-refractivity contribution in [2.75, 3.05) is 24.1 Å². The van der Waals surface area contributed by atoms with Crippen molar-refractivity contribution in [1.29, 1.82) is 0 Å². The number of ether oxygens (including phenoxy) is 1. The zero-order valence-corrected chi connectivity index (χ0v) is 20.6. The molecule has 3 heterocycles. The number of nitrogens with zero attached hydrogens (tertiary/aromatic N) is 4. The Kier molecular flexibility index (Phi) is 5.35. The first kappa shape index (κ1) is 21.8. The van der Waals surface area contributed by atoms with Gasteiger partial charge in [0.1, 0.15) is 20.0 Å². The van der Waals surface area contributed by atoms with Crippen LogP contribution >= 0.6 is 34.7 Å². The molecule has 0 spiro atoms. The monoisotopic (exact) mass is 498 g/mol. The molecule has 2 aliphatic rings. The topological polar surface area (TPSA) is 67.1 Å². The van der Waals surface area contributed by atoms with Gasteiger partial charge in [-0.2, -0.15) is 10.1 Å². The van der Waals surface area contributed by atoms with E-state index in [0.717, 1.165) is 21.4 Å². The molecule has 33 heavy (non-hydrogen) atoms. The molecule has 10 heteroatoms. The number of amides is 1. The lowest BCUT2D eigenvalue weighted by Gasteiger charge is -2.13. The number of fused-ring (bicyclic) bond motifs is 1. The first-order chi connectivity index (χ1) is 15.8. The van der Waals surface area contributed by atoms with Crippen LogP contribution in [-0.4, -0.2) is 30.3 Å². The zero-order valence-electron chi connectivity index (χ0n) is 18.2. The maximum absolute atomic E-state index is 13.3. The van der Waals surface area contributed by atoms with Gasteiger partial charge in [0.15, 0.2) is 0 Å². The summed E-state index contributed by atoms with van der Waals surface area (Å²) in [5, 5.41) is 7.19. The highest BCUT2D eigenvalue weighted by molar-refractivity contribution is 8.08. The van der Waals surface area contributed by atoms with Crippen LogP contribution in [0.1, 0.15) is 6.92 Å². The lowest BCUT2D eigenvalue weighted by molar-refractivity contribution is -0.112. The molecule has 0 saturated heterocycles. The Balaban J connectivity index is 1.66. The van der Waals surface area contributed by atoms with Crippen molar-refractivity contribution in [1.82, 2.24) is 4.57 Å². The Labute approximate surface area is 202 Å². The van der Waals surface area contributed by atoms with Crippen molar-refractivity contribution in [3.8, 4) is 5.75 Å². The molecule has 0 fully saturated rings. The third-order valence-electron chi connectivity index (χ3n) is 5.54. The second kappa shape index (κ2) is 8.09. The number of rotatable bonds is 2. The minimum Gasteiger partial charge on any atom is -0.497 e. The SMILES string of the molecule is COc1ccc2c(c1)N(C)/C(=c1/s/c(=C3/C(=O)N(c4ccc(Cl)cc4)N=C3C)n(C)c1=O)S2. The van der Waals surface area contributed by atoms with E-state index in [9.17, 15) is 9.59 Å². The van der Waals surface area contributed by atoms with Gasteiger partial charge in [0.25, 0.3) is 11.5 Å². The lowest BCUT2D eigenvalue weighted by Crippen LogP contribution is -2.33. The third-order valence-corrected chi connectivity index (χ3v) is 8.40. The predicted octanol–water partition coefficient (Wildman–Crippen LogP) is 2.99. The highest BCUT2D eigenvalue weighted by Crippen LogP contribution is 2.46. The molecule has 3 aromatic rings. The number of hydrogen-bond donors (Lipinski definition) is 0. The van der Waals surface area contributed by atoms with Gasteiger partial charge < -0.3 is 14.2 Å². The Morgan fingerprint density at radius 1 is 1.06 bits per heavy atom. The van der Waals surface area contributed by atoms with E-state index < -0.39 is 0 Å². The molecule has 0 saturated carbocycles. The minimum absolute atomic E-state index is 0.151. The molecule has 0 radical (unpaired) electrons. The standard InChI is InChI=1S/C23H19ClN4O3S2/c1-12-18(20(29)28(25-12)14-7-5-13(24)6-8-14)22-27(3)21(30)19(33-22)23-26(2)16-11-15(31-4)9-10-17(16)32-23/h5-11H,1-4H3/b22-18+,23-19-. The summed E-state index contributed by atoms with van der Waals surface area (Å²) in [6.07, 6.45) is 0. The van der Waals surface area contributed by atoms with E-state index in [4.69, 9.17) is 16.3 Å². The molecule has 0 aliphatic carbocycles. The zero-order chi connectivity index (χ0) is 23.4. The van der Waals surface area contributed by atoms with E-state index in [1.54, 1.807) is 45.3 Å². The second-order valence-corrected chi connectivity index (χ2v) is 10.0. The first-order valence-corrected chi connectivity index (χ1v) is 12.0. The number of halogens is 1. The van der Waals surface area contributed by atoms with Crippen molar-refractivity contribution in [2.45, 2.75) is 11.8 Å². The fourth-order valence-corrected chi connectivity index (χ4v) is 6.40. The smallest absolute Gasteiger partial charge is 0.283 e. The van der Waals surface area contributed by atoms with Crippen LogP contribution in [-0.2, 0) is 11.8 Å². The van der Waals surface area contributed by atoms with E-state index in [0.29, 0.717) is 31.2 Å². The van der Waals surface area contributed by atoms with Crippen LogP contribution < -0.4 is 29.4 Å². The average molecular weight is 499 g/mol. The maximum atomic E-state index is 13.3. The molecule has 0 atom stereocenters. The van der Waals surface area contributed by atoms with Gasteiger partial charge in [0, 0.05) is 30.1 Å². The first-order valence-electron chi connectivity index (χ1n) is 10.00. The van der Waals surface area contributed by atoms with Crippen LogP contribution in [0.3, 0.4) is 0 Å². The van der Waals surface area contributed by atoms with Gasteiger partial charge >= 0.3 is 0 Å². The number of hydrazone groups is 1. The molecule has 1 amide bonds. The van der Waals surface area contributed by atoms with Crippen LogP contribution in [0.25, 0.3) is 10.6 Å². The number of carbonyl (C=O) groups is 1. The van der Waals surface area contributed by atoms with Crippen LogP contribution in [0.15, 0.2) is 57.3 Å². The third kappa shape index (κ3) is 3.47. The number of aromatic nitrogens is 1. The van der Waals surface area contributed by atoms with Gasteiger partial charge in [0.2, 0.25) is 0 Å². The highest BCUT2D eigenvalue weighted by Gasteiger charge is 2.32. The predicted molar refractivity (Wildman–Crippen MR) is 135 cm³/mol. The van der Waals surface area contributed by atoms with E-state index >= 15 is 0 Å². The number of carbonyl (C=O) groups excluding carboxylic acids is 1. The van der Waals surface area contributed by atoms with Gasteiger partial charge in [-0.25, -0.2) is 0 Å². The Morgan fingerprint density at radius 2 is 1.79 bits per heavy atom. The van der Waals surface area contributed by atoms with Gasteiger partial charge in [-0.1, -0.05) is 23.4 Å². The fourth-order valence-electron chi connectivity index (χ4n) is 3.77. The number of thiazole rings is 1. The molecule has 0 unspecified atom stereocenters. The largest absolute Gasteiger partial charge is 0.497 e. The van der Waals surface area contributed by atoms with Gasteiger partial charge in [-0.05, 0) is 43.3 Å². The van der Waals surface area contributed by atoms with Crippen molar-refractivity contribution in [3.05, 3.63) is 67.0 Å². The van der Waals surface area contributed by atoms with Gasteiger partial charge in [-0.15, -0.1) is 11.3 Å². The molecule has 7 nitrogen and oxygen atoms in total. The van der Waals surface area contributed by atoms with Crippen LogP contribution in [0.5, 0.6) is 5.75 Å². The number of benzene rings is 2.